The van der Waals surface area contributed by atoms with Gasteiger partial charge in [0, 0.05) is 0 Å². The minimum atomic E-state index is 0.986. The Kier molecular flexibility index (Phi) is 6.98. The Bertz CT molecular complexity index is 58.3. The Morgan fingerprint density at radius 1 is 1.50 bits per heavy atom. The Hall–Kier alpha value is -0.0800. The van der Waals surface area contributed by atoms with E-state index in [0.29, 0.717) is 0 Å². The van der Waals surface area contributed by atoms with Crippen molar-refractivity contribution >= 4 is 0 Å². The first-order valence-corrected chi connectivity index (χ1v) is 4.14. The molecule has 62 valence electrons. The lowest BCUT2D eigenvalue weighted by atomic mass is 10.1. The summed E-state index contributed by atoms with van der Waals surface area (Å²) in [4.78, 5) is 0. The molecule has 1 heterocycles. The van der Waals surface area contributed by atoms with E-state index in [1.165, 1.54) is 25.9 Å². The van der Waals surface area contributed by atoms with Crippen LogP contribution in [0.25, 0.3) is 0 Å². The van der Waals surface area contributed by atoms with Crippen LogP contribution < -0.4 is 10.6 Å². The van der Waals surface area contributed by atoms with Gasteiger partial charge in [0.2, 0.25) is 0 Å². The average Bonchev–Trinajstić information content (AvgIpc) is 2.39. The van der Waals surface area contributed by atoms with Crippen molar-refractivity contribution < 1.29 is 0 Å². The summed E-state index contributed by atoms with van der Waals surface area (Å²) >= 11 is 0. The van der Waals surface area contributed by atoms with Crippen molar-refractivity contribution in [3.8, 4) is 0 Å². The molecule has 1 atom stereocenters. The van der Waals surface area contributed by atoms with Crippen LogP contribution in [-0.4, -0.2) is 27.2 Å². The van der Waals surface area contributed by atoms with Crippen molar-refractivity contribution in [1.82, 2.24) is 10.6 Å². The van der Waals surface area contributed by atoms with Crippen LogP contribution in [0.4, 0.5) is 0 Å². The molecule has 1 fully saturated rings. The van der Waals surface area contributed by atoms with Crippen molar-refractivity contribution in [1.29, 1.82) is 0 Å². The highest BCUT2D eigenvalue weighted by molar-refractivity contribution is 4.68. The van der Waals surface area contributed by atoms with Crippen molar-refractivity contribution in [2.45, 2.75) is 19.8 Å². The second-order valence-corrected chi connectivity index (χ2v) is 2.77. The van der Waals surface area contributed by atoms with Gasteiger partial charge in [-0.3, -0.25) is 0 Å². The Balaban J connectivity index is 0.000000236. The average molecular weight is 144 g/mol. The van der Waals surface area contributed by atoms with Gasteiger partial charge in [-0.05, 0) is 39.5 Å². The smallest absolute Gasteiger partial charge is 0.00201 e. The Morgan fingerprint density at radius 2 is 2.10 bits per heavy atom. The van der Waals surface area contributed by atoms with Crippen molar-refractivity contribution in [3.63, 3.8) is 0 Å². The van der Waals surface area contributed by atoms with Gasteiger partial charge in [0.05, 0.1) is 0 Å². The highest BCUT2D eigenvalue weighted by Crippen LogP contribution is 2.09. The summed E-state index contributed by atoms with van der Waals surface area (Å²) in [7, 11) is 3.75. The number of rotatable bonds is 1. The van der Waals surface area contributed by atoms with Crippen LogP contribution in [0.1, 0.15) is 19.8 Å². The second-order valence-electron chi connectivity index (χ2n) is 2.77. The van der Waals surface area contributed by atoms with Crippen molar-refractivity contribution in [3.05, 3.63) is 0 Å². The maximum absolute atomic E-state index is 3.32. The molecule has 0 aromatic heterocycles. The molecule has 0 amide bonds. The van der Waals surface area contributed by atoms with Crippen LogP contribution in [-0.2, 0) is 0 Å². The quantitative estimate of drug-likeness (QED) is 0.570. The van der Waals surface area contributed by atoms with Crippen LogP contribution in [0, 0.1) is 5.92 Å². The van der Waals surface area contributed by atoms with Crippen LogP contribution in [0.3, 0.4) is 0 Å². The third-order valence-electron chi connectivity index (χ3n) is 1.74. The van der Waals surface area contributed by atoms with E-state index in [9.17, 15) is 0 Å². The molecule has 1 aliphatic rings. The first-order valence-electron chi connectivity index (χ1n) is 4.14. The molecule has 0 bridgehead atoms. The number of hydrogen-bond acceptors (Lipinski definition) is 2. The molecule has 1 rings (SSSR count). The summed E-state index contributed by atoms with van der Waals surface area (Å²) in [6, 6.07) is 0. The van der Waals surface area contributed by atoms with Gasteiger partial charge in [0.25, 0.3) is 0 Å². The van der Waals surface area contributed by atoms with Gasteiger partial charge < -0.3 is 10.6 Å². The zero-order valence-corrected chi connectivity index (χ0v) is 7.41. The highest BCUT2D eigenvalue weighted by atomic mass is 14.9. The standard InChI is InChI=1S/C6H13N.C2H7N/c1-2-6-3-4-7-5-6;1-3-2/h6-7H,2-5H2,1H3;3H,1-2H3/t6-;/m1./s1. The minimum Gasteiger partial charge on any atom is -0.323 e. The summed E-state index contributed by atoms with van der Waals surface area (Å²) in [6.07, 6.45) is 2.75. The topological polar surface area (TPSA) is 24.1 Å². The Morgan fingerprint density at radius 3 is 2.30 bits per heavy atom. The summed E-state index contributed by atoms with van der Waals surface area (Å²) in [5.41, 5.74) is 0. The highest BCUT2D eigenvalue weighted by Gasteiger charge is 2.10. The van der Waals surface area contributed by atoms with E-state index in [-0.39, 0.29) is 0 Å². The zero-order valence-electron chi connectivity index (χ0n) is 7.41. The van der Waals surface area contributed by atoms with Gasteiger partial charge in [0.1, 0.15) is 0 Å². The Labute approximate surface area is 64.4 Å². The molecule has 0 aliphatic carbocycles. The molecule has 2 N–H and O–H groups in total. The lowest BCUT2D eigenvalue weighted by molar-refractivity contribution is 0.563. The first kappa shape index (κ1) is 9.92. The van der Waals surface area contributed by atoms with E-state index < -0.39 is 0 Å². The summed E-state index contributed by atoms with van der Waals surface area (Å²) in [6.45, 7) is 4.77. The predicted molar refractivity (Wildman–Crippen MR) is 46.3 cm³/mol. The molecular formula is C8H20N2. The molecule has 2 nitrogen and oxygen atoms in total. The van der Waals surface area contributed by atoms with Gasteiger partial charge in [-0.1, -0.05) is 13.3 Å². The number of nitrogens with one attached hydrogen (secondary N) is 2. The van der Waals surface area contributed by atoms with Gasteiger partial charge in [0.15, 0.2) is 0 Å². The molecule has 0 unspecified atom stereocenters. The fourth-order valence-corrected chi connectivity index (χ4v) is 1.06. The van der Waals surface area contributed by atoms with Crippen LogP contribution >= 0.6 is 0 Å². The lowest BCUT2D eigenvalue weighted by Crippen LogP contribution is -2.07. The molecule has 10 heavy (non-hydrogen) atoms. The van der Waals surface area contributed by atoms with Gasteiger partial charge in [-0.25, -0.2) is 0 Å². The third kappa shape index (κ3) is 4.77. The summed E-state index contributed by atoms with van der Waals surface area (Å²) < 4.78 is 0. The minimum absolute atomic E-state index is 0.986. The maximum Gasteiger partial charge on any atom is -0.00201 e. The molecule has 2 heteroatoms. The van der Waals surface area contributed by atoms with Crippen LogP contribution in [0.15, 0.2) is 0 Å². The molecule has 0 aromatic rings. The molecule has 0 spiro atoms. The normalized spacial score (nSPS) is 23.7. The van der Waals surface area contributed by atoms with Crippen LogP contribution in [0.2, 0.25) is 0 Å². The van der Waals surface area contributed by atoms with E-state index in [0.717, 1.165) is 5.92 Å². The molecule has 0 saturated carbocycles. The van der Waals surface area contributed by atoms with Crippen molar-refractivity contribution in [2.75, 3.05) is 27.2 Å². The zero-order chi connectivity index (χ0) is 7.82. The number of hydrogen-bond donors (Lipinski definition) is 2. The third-order valence-corrected chi connectivity index (χ3v) is 1.74. The van der Waals surface area contributed by atoms with E-state index in [1.807, 2.05) is 14.1 Å². The first-order chi connectivity index (χ1) is 4.85. The fourth-order valence-electron chi connectivity index (χ4n) is 1.06. The monoisotopic (exact) mass is 144 g/mol. The molecule has 0 aromatic carbocycles. The predicted octanol–water partition coefficient (Wildman–Crippen LogP) is 0.842. The van der Waals surface area contributed by atoms with E-state index >= 15 is 0 Å². The van der Waals surface area contributed by atoms with Gasteiger partial charge >= 0.3 is 0 Å². The molecule has 1 saturated heterocycles. The van der Waals surface area contributed by atoms with Gasteiger partial charge in [-0.2, -0.15) is 0 Å². The second kappa shape index (κ2) is 7.03. The lowest BCUT2D eigenvalue weighted by Gasteiger charge is -1.98. The SMILES string of the molecule is CC[C@@H]1CCNC1.CNC. The summed E-state index contributed by atoms with van der Waals surface area (Å²) in [5, 5.41) is 6.07. The van der Waals surface area contributed by atoms with Gasteiger partial charge in [-0.15, -0.1) is 0 Å². The molecular weight excluding hydrogens is 124 g/mol. The largest absolute Gasteiger partial charge is 0.323 e. The van der Waals surface area contributed by atoms with E-state index in [2.05, 4.69) is 17.6 Å². The van der Waals surface area contributed by atoms with Crippen molar-refractivity contribution in [2.24, 2.45) is 5.92 Å². The molecule has 0 radical (unpaired) electrons. The summed E-state index contributed by atoms with van der Waals surface area (Å²) in [5.74, 6) is 0.986. The molecule has 1 aliphatic heterocycles. The van der Waals surface area contributed by atoms with E-state index in [1.54, 1.807) is 0 Å². The van der Waals surface area contributed by atoms with E-state index in [4.69, 9.17) is 0 Å². The maximum atomic E-state index is 3.32. The van der Waals surface area contributed by atoms with Crippen LogP contribution in [0.5, 0.6) is 0 Å². The fraction of sp³-hybridized carbons (Fsp3) is 1.00.